The maximum atomic E-state index is 5.17. The Morgan fingerprint density at radius 2 is 1.96 bits per heavy atom. The van der Waals surface area contributed by atoms with Gasteiger partial charge < -0.3 is 15.4 Å². The molecule has 1 aromatic carbocycles. The van der Waals surface area contributed by atoms with Crippen LogP contribution in [0.25, 0.3) is 0 Å². The molecule has 132 valence electrons. The zero-order chi connectivity index (χ0) is 16.5. The predicted octanol–water partition coefficient (Wildman–Crippen LogP) is 2.34. The van der Waals surface area contributed by atoms with Gasteiger partial charge in [-0.25, -0.2) is 4.99 Å². The van der Waals surface area contributed by atoms with Crippen LogP contribution in [0.3, 0.4) is 0 Å². The van der Waals surface area contributed by atoms with Crippen molar-refractivity contribution in [2.75, 3.05) is 20.2 Å². The van der Waals surface area contributed by atoms with Crippen LogP contribution in [0.4, 0.5) is 0 Å². The molecule has 0 saturated carbocycles. The summed E-state index contributed by atoms with van der Waals surface area (Å²) in [6.07, 6.45) is 2.72. The summed E-state index contributed by atoms with van der Waals surface area (Å²) >= 11 is 0. The van der Waals surface area contributed by atoms with Crippen molar-refractivity contribution in [2.24, 2.45) is 12.0 Å². The van der Waals surface area contributed by atoms with Crippen molar-refractivity contribution in [1.82, 2.24) is 20.4 Å². The molecule has 6 nitrogen and oxygen atoms in total. The van der Waals surface area contributed by atoms with Crippen LogP contribution in [0.5, 0.6) is 5.75 Å². The second kappa shape index (κ2) is 10.9. The molecular formula is C17H26IN5O. The van der Waals surface area contributed by atoms with E-state index in [2.05, 4.69) is 39.8 Å². The van der Waals surface area contributed by atoms with Crippen LogP contribution in [0, 0.1) is 0 Å². The van der Waals surface area contributed by atoms with Gasteiger partial charge in [0, 0.05) is 26.3 Å². The molecule has 0 saturated heterocycles. The number of guanidine groups is 1. The van der Waals surface area contributed by atoms with Gasteiger partial charge in [-0.3, -0.25) is 4.68 Å². The number of aromatic nitrogens is 2. The molecule has 2 N–H and O–H groups in total. The number of ether oxygens (including phenoxy) is 1. The quantitative estimate of drug-likeness (QED) is 0.392. The van der Waals surface area contributed by atoms with E-state index in [0.29, 0.717) is 6.54 Å². The number of rotatable bonds is 7. The second-order valence-electron chi connectivity index (χ2n) is 5.17. The fraction of sp³-hybridized carbons (Fsp3) is 0.412. The molecular weight excluding hydrogens is 417 g/mol. The first-order valence-corrected chi connectivity index (χ1v) is 7.85. The first kappa shape index (κ1) is 20.3. The standard InChI is InChI=1S/C17H25N5O.HI/c1-4-18-17(20-13-15-10-12-21-22(15)2)19-11-9-14-5-7-16(23-3)8-6-14;/h5-8,10,12H,4,9,11,13H2,1-3H3,(H2,18,19,20);1H. The zero-order valence-corrected chi connectivity index (χ0v) is 16.8. The van der Waals surface area contributed by atoms with Gasteiger partial charge >= 0.3 is 0 Å². The van der Waals surface area contributed by atoms with E-state index in [4.69, 9.17) is 4.74 Å². The molecule has 1 aromatic heterocycles. The highest BCUT2D eigenvalue weighted by Gasteiger charge is 2.01. The van der Waals surface area contributed by atoms with Gasteiger partial charge in [-0.1, -0.05) is 12.1 Å². The van der Waals surface area contributed by atoms with Gasteiger partial charge in [0.05, 0.1) is 19.3 Å². The normalized spacial score (nSPS) is 10.9. The lowest BCUT2D eigenvalue weighted by molar-refractivity contribution is 0.414. The SMILES string of the molecule is CCNC(=NCc1ccnn1C)NCCc1ccc(OC)cc1.I. The molecule has 7 heteroatoms. The second-order valence-corrected chi connectivity index (χ2v) is 5.17. The zero-order valence-electron chi connectivity index (χ0n) is 14.5. The highest BCUT2D eigenvalue weighted by molar-refractivity contribution is 14.0. The number of halogens is 1. The molecule has 0 unspecified atom stereocenters. The summed E-state index contributed by atoms with van der Waals surface area (Å²) in [5.74, 6) is 1.70. The van der Waals surface area contributed by atoms with Crippen LogP contribution in [-0.2, 0) is 20.0 Å². The Morgan fingerprint density at radius 3 is 2.54 bits per heavy atom. The summed E-state index contributed by atoms with van der Waals surface area (Å²) in [4.78, 5) is 4.59. The topological polar surface area (TPSA) is 63.5 Å². The fourth-order valence-electron chi connectivity index (χ4n) is 2.18. The summed E-state index contributed by atoms with van der Waals surface area (Å²) in [5, 5.41) is 10.8. The minimum absolute atomic E-state index is 0. The minimum Gasteiger partial charge on any atom is -0.497 e. The first-order valence-electron chi connectivity index (χ1n) is 7.85. The van der Waals surface area contributed by atoms with E-state index in [1.807, 2.05) is 29.9 Å². The number of methoxy groups -OCH3 is 1. The third-order valence-corrected chi connectivity index (χ3v) is 3.53. The molecule has 0 radical (unpaired) electrons. The summed E-state index contributed by atoms with van der Waals surface area (Å²) in [5.41, 5.74) is 2.35. The van der Waals surface area contributed by atoms with Crippen molar-refractivity contribution < 1.29 is 4.74 Å². The lowest BCUT2D eigenvalue weighted by Crippen LogP contribution is -2.38. The van der Waals surface area contributed by atoms with E-state index in [1.165, 1.54) is 5.56 Å². The summed E-state index contributed by atoms with van der Waals surface area (Å²) in [6, 6.07) is 10.1. The molecule has 0 spiro atoms. The Hall–Kier alpha value is -1.77. The number of hydrogen-bond acceptors (Lipinski definition) is 3. The average molecular weight is 443 g/mol. The van der Waals surface area contributed by atoms with Gasteiger partial charge in [0.2, 0.25) is 0 Å². The number of nitrogens with one attached hydrogen (secondary N) is 2. The summed E-state index contributed by atoms with van der Waals surface area (Å²) in [6.45, 7) is 4.32. The minimum atomic E-state index is 0. The van der Waals surface area contributed by atoms with Crippen molar-refractivity contribution in [2.45, 2.75) is 19.9 Å². The van der Waals surface area contributed by atoms with Crippen molar-refractivity contribution in [3.63, 3.8) is 0 Å². The number of benzene rings is 1. The van der Waals surface area contributed by atoms with Gasteiger partial charge in [-0.2, -0.15) is 5.10 Å². The Balaban J connectivity index is 0.00000288. The van der Waals surface area contributed by atoms with Gasteiger partial charge in [0.15, 0.2) is 5.96 Å². The molecule has 2 aromatic rings. The Kier molecular flexibility index (Phi) is 9.21. The van der Waals surface area contributed by atoms with Gasteiger partial charge in [0.25, 0.3) is 0 Å². The molecule has 24 heavy (non-hydrogen) atoms. The van der Waals surface area contributed by atoms with E-state index < -0.39 is 0 Å². The van der Waals surface area contributed by atoms with Crippen LogP contribution >= 0.6 is 24.0 Å². The molecule has 2 rings (SSSR count). The van der Waals surface area contributed by atoms with E-state index in [-0.39, 0.29) is 24.0 Å². The number of aryl methyl sites for hydroxylation is 1. The van der Waals surface area contributed by atoms with E-state index in [9.17, 15) is 0 Å². The predicted molar refractivity (Wildman–Crippen MR) is 108 cm³/mol. The summed E-state index contributed by atoms with van der Waals surface area (Å²) < 4.78 is 7.01. The molecule has 0 atom stereocenters. The van der Waals surface area contributed by atoms with Crippen molar-refractivity contribution in [3.05, 3.63) is 47.8 Å². The summed E-state index contributed by atoms with van der Waals surface area (Å²) in [7, 11) is 3.60. The first-order chi connectivity index (χ1) is 11.2. The lowest BCUT2D eigenvalue weighted by Gasteiger charge is -2.11. The van der Waals surface area contributed by atoms with E-state index in [1.54, 1.807) is 13.3 Å². The number of hydrogen-bond donors (Lipinski definition) is 2. The number of nitrogens with zero attached hydrogens (tertiary/aromatic N) is 3. The van der Waals surface area contributed by atoms with Gasteiger partial charge in [-0.05, 0) is 37.1 Å². The lowest BCUT2D eigenvalue weighted by atomic mass is 10.1. The molecule has 0 fully saturated rings. The van der Waals surface area contributed by atoms with Gasteiger partial charge in [-0.15, -0.1) is 24.0 Å². The molecule has 0 aliphatic heterocycles. The third kappa shape index (κ3) is 6.38. The smallest absolute Gasteiger partial charge is 0.191 e. The van der Waals surface area contributed by atoms with Crippen LogP contribution in [0.2, 0.25) is 0 Å². The average Bonchev–Trinajstić information content (AvgIpc) is 2.98. The molecule has 0 aliphatic rings. The Morgan fingerprint density at radius 1 is 1.21 bits per heavy atom. The van der Waals surface area contributed by atoms with Crippen LogP contribution < -0.4 is 15.4 Å². The monoisotopic (exact) mass is 443 g/mol. The molecule has 1 heterocycles. The van der Waals surface area contributed by atoms with Crippen molar-refractivity contribution >= 4 is 29.9 Å². The fourth-order valence-corrected chi connectivity index (χ4v) is 2.18. The van der Waals surface area contributed by atoms with E-state index >= 15 is 0 Å². The Labute approximate surface area is 160 Å². The van der Waals surface area contributed by atoms with Crippen LogP contribution in [0.15, 0.2) is 41.5 Å². The molecule has 0 amide bonds. The highest BCUT2D eigenvalue weighted by Crippen LogP contribution is 2.11. The van der Waals surface area contributed by atoms with Crippen LogP contribution in [-0.4, -0.2) is 35.9 Å². The highest BCUT2D eigenvalue weighted by atomic mass is 127. The third-order valence-electron chi connectivity index (χ3n) is 3.53. The molecule has 0 aliphatic carbocycles. The van der Waals surface area contributed by atoms with Crippen LogP contribution in [0.1, 0.15) is 18.2 Å². The largest absolute Gasteiger partial charge is 0.497 e. The van der Waals surface area contributed by atoms with Crippen molar-refractivity contribution in [3.8, 4) is 5.75 Å². The Bertz CT molecular complexity index is 624. The van der Waals surface area contributed by atoms with Crippen molar-refractivity contribution in [1.29, 1.82) is 0 Å². The maximum absolute atomic E-state index is 5.17. The van der Waals surface area contributed by atoms with Gasteiger partial charge in [0.1, 0.15) is 5.75 Å². The molecule has 0 bridgehead atoms. The number of aliphatic imine (C=N–C) groups is 1. The van der Waals surface area contributed by atoms with E-state index in [0.717, 1.165) is 36.9 Å². The maximum Gasteiger partial charge on any atom is 0.191 e.